The summed E-state index contributed by atoms with van der Waals surface area (Å²) in [7, 11) is 0. The lowest BCUT2D eigenvalue weighted by molar-refractivity contribution is -0.171. The third-order valence-electron chi connectivity index (χ3n) is 5.30. The fourth-order valence-corrected chi connectivity index (χ4v) is 3.74. The zero-order chi connectivity index (χ0) is 21.7. The van der Waals surface area contributed by atoms with Gasteiger partial charge < -0.3 is 25.0 Å². The summed E-state index contributed by atoms with van der Waals surface area (Å²) in [4.78, 5) is 40.6. The van der Waals surface area contributed by atoms with Crippen LogP contribution in [0.15, 0.2) is 18.2 Å². The Morgan fingerprint density at radius 1 is 1.10 bits per heavy atom. The summed E-state index contributed by atoms with van der Waals surface area (Å²) in [6.45, 7) is 8.76. The average Bonchev–Trinajstić information content (AvgIpc) is 2.70. The van der Waals surface area contributed by atoms with Crippen LogP contribution in [-0.2, 0) is 23.9 Å². The minimum absolute atomic E-state index is 0.0607. The van der Waals surface area contributed by atoms with Crippen molar-refractivity contribution in [1.29, 1.82) is 0 Å². The Morgan fingerprint density at radius 2 is 1.83 bits per heavy atom. The Hall–Kier alpha value is -2.49. The molecule has 0 bridgehead atoms. The second-order valence-electron chi connectivity index (χ2n) is 7.95. The number of carbonyl (C=O) groups excluding carboxylic acids is 3. The number of ether oxygens (including phenoxy) is 2. The molecule has 2 aliphatic rings. The molecule has 2 fully saturated rings. The van der Waals surface area contributed by atoms with Crippen LogP contribution < -0.4 is 10.6 Å². The van der Waals surface area contributed by atoms with Crippen molar-refractivity contribution in [2.45, 2.75) is 26.4 Å². The van der Waals surface area contributed by atoms with Crippen molar-refractivity contribution >= 4 is 29.1 Å². The van der Waals surface area contributed by atoms with Gasteiger partial charge in [0.2, 0.25) is 11.8 Å². The average molecular weight is 418 g/mol. The van der Waals surface area contributed by atoms with Crippen LogP contribution in [0.2, 0.25) is 0 Å². The number of benzene rings is 1. The number of amides is 3. The Balaban J connectivity index is 1.58. The van der Waals surface area contributed by atoms with Crippen molar-refractivity contribution in [2.24, 2.45) is 0 Å². The molecule has 9 nitrogen and oxygen atoms in total. The van der Waals surface area contributed by atoms with Crippen molar-refractivity contribution in [3.8, 4) is 0 Å². The predicted octanol–water partition coefficient (Wildman–Crippen LogP) is 0.842. The van der Waals surface area contributed by atoms with Crippen LogP contribution >= 0.6 is 0 Å². The third kappa shape index (κ3) is 5.56. The summed E-state index contributed by atoms with van der Waals surface area (Å²) in [6, 6.07) is 5.37. The molecule has 1 aromatic rings. The molecule has 9 heteroatoms. The van der Waals surface area contributed by atoms with E-state index < -0.39 is 5.60 Å². The topological polar surface area (TPSA) is 100 Å². The molecule has 2 aliphatic heterocycles. The van der Waals surface area contributed by atoms with E-state index in [2.05, 4.69) is 10.6 Å². The molecule has 0 radical (unpaired) electrons. The molecule has 2 N–H and O–H groups in total. The number of rotatable bonds is 5. The summed E-state index contributed by atoms with van der Waals surface area (Å²) in [5.74, 6) is -0.413. The number of nitrogens with one attached hydrogen (secondary N) is 2. The molecule has 0 aromatic heterocycles. The first-order chi connectivity index (χ1) is 14.3. The van der Waals surface area contributed by atoms with Gasteiger partial charge >= 0.3 is 0 Å². The largest absolute Gasteiger partial charge is 0.378 e. The molecule has 3 amide bonds. The summed E-state index contributed by atoms with van der Waals surface area (Å²) in [5, 5.41) is 5.62. The monoisotopic (exact) mass is 418 g/mol. The first kappa shape index (κ1) is 22.2. The van der Waals surface area contributed by atoms with Crippen molar-refractivity contribution in [1.82, 2.24) is 9.80 Å². The molecule has 30 heavy (non-hydrogen) atoms. The van der Waals surface area contributed by atoms with E-state index in [1.54, 1.807) is 24.0 Å². The first-order valence-corrected chi connectivity index (χ1v) is 10.2. The van der Waals surface area contributed by atoms with Crippen LogP contribution in [0.4, 0.5) is 11.4 Å². The molecular weight excluding hydrogens is 388 g/mol. The molecule has 164 valence electrons. The summed E-state index contributed by atoms with van der Waals surface area (Å²) >= 11 is 0. The molecule has 0 spiro atoms. The van der Waals surface area contributed by atoms with E-state index >= 15 is 0 Å². The molecule has 0 unspecified atom stereocenters. The van der Waals surface area contributed by atoms with Gasteiger partial charge in [-0.2, -0.15) is 0 Å². The SMILES string of the molecule is CC(=O)Nc1cc(NC(=O)CN2CCO[C@@](C)(C(=O)N3CCOCC3)C2)ccc1C. The Labute approximate surface area is 176 Å². The number of hydrogen-bond donors (Lipinski definition) is 2. The number of aryl methyl sites for hydroxylation is 1. The van der Waals surface area contributed by atoms with Gasteiger partial charge in [-0.25, -0.2) is 0 Å². The number of hydrogen-bond acceptors (Lipinski definition) is 6. The smallest absolute Gasteiger partial charge is 0.256 e. The van der Waals surface area contributed by atoms with Gasteiger partial charge in [0, 0.05) is 44.5 Å². The van der Waals surface area contributed by atoms with Crippen molar-refractivity contribution in [2.75, 3.05) is 63.2 Å². The molecule has 1 atom stereocenters. The lowest BCUT2D eigenvalue weighted by atomic mass is 10.0. The van der Waals surface area contributed by atoms with Gasteiger partial charge in [-0.3, -0.25) is 19.3 Å². The highest BCUT2D eigenvalue weighted by Gasteiger charge is 2.42. The van der Waals surface area contributed by atoms with Gasteiger partial charge in [0.05, 0.1) is 26.4 Å². The third-order valence-corrected chi connectivity index (χ3v) is 5.30. The number of morpholine rings is 2. The van der Waals surface area contributed by atoms with Gasteiger partial charge in [0.25, 0.3) is 5.91 Å². The maximum atomic E-state index is 12.9. The fraction of sp³-hybridized carbons (Fsp3) is 0.571. The minimum Gasteiger partial charge on any atom is -0.378 e. The normalized spacial score (nSPS) is 22.4. The van der Waals surface area contributed by atoms with Gasteiger partial charge in [-0.1, -0.05) is 6.07 Å². The maximum absolute atomic E-state index is 12.9. The van der Waals surface area contributed by atoms with E-state index in [0.29, 0.717) is 57.4 Å². The van der Waals surface area contributed by atoms with E-state index in [0.717, 1.165) is 5.56 Å². The second-order valence-corrected chi connectivity index (χ2v) is 7.95. The van der Waals surface area contributed by atoms with E-state index in [9.17, 15) is 14.4 Å². The minimum atomic E-state index is -0.974. The molecule has 2 saturated heterocycles. The first-order valence-electron chi connectivity index (χ1n) is 10.2. The maximum Gasteiger partial charge on any atom is 0.256 e. The quantitative estimate of drug-likeness (QED) is 0.735. The van der Waals surface area contributed by atoms with Gasteiger partial charge in [-0.05, 0) is 31.5 Å². The Morgan fingerprint density at radius 3 is 2.53 bits per heavy atom. The number of anilines is 2. The highest BCUT2D eigenvalue weighted by Crippen LogP contribution is 2.23. The zero-order valence-corrected chi connectivity index (χ0v) is 17.8. The van der Waals surface area contributed by atoms with Crippen molar-refractivity contribution < 1.29 is 23.9 Å². The van der Waals surface area contributed by atoms with Crippen LogP contribution in [-0.4, -0.2) is 85.7 Å². The predicted molar refractivity (Wildman–Crippen MR) is 112 cm³/mol. The van der Waals surface area contributed by atoms with E-state index in [1.165, 1.54) is 6.92 Å². The van der Waals surface area contributed by atoms with Crippen molar-refractivity contribution in [3.05, 3.63) is 23.8 Å². The van der Waals surface area contributed by atoms with Crippen LogP contribution in [0.25, 0.3) is 0 Å². The fourth-order valence-electron chi connectivity index (χ4n) is 3.74. The summed E-state index contributed by atoms with van der Waals surface area (Å²) in [6.07, 6.45) is 0. The molecule has 0 saturated carbocycles. The molecule has 2 heterocycles. The van der Waals surface area contributed by atoms with Gasteiger partial charge in [-0.15, -0.1) is 0 Å². The van der Waals surface area contributed by atoms with Crippen LogP contribution in [0.1, 0.15) is 19.4 Å². The highest BCUT2D eigenvalue weighted by molar-refractivity contribution is 5.95. The molecule has 3 rings (SSSR count). The van der Waals surface area contributed by atoms with E-state index in [-0.39, 0.29) is 24.3 Å². The molecule has 0 aliphatic carbocycles. The van der Waals surface area contributed by atoms with Crippen LogP contribution in [0.5, 0.6) is 0 Å². The van der Waals surface area contributed by atoms with Crippen molar-refractivity contribution in [3.63, 3.8) is 0 Å². The lowest BCUT2D eigenvalue weighted by Crippen LogP contribution is -2.61. The zero-order valence-electron chi connectivity index (χ0n) is 17.8. The number of nitrogens with zero attached hydrogens (tertiary/aromatic N) is 2. The molecular formula is C21H30N4O5. The highest BCUT2D eigenvalue weighted by atomic mass is 16.5. The summed E-state index contributed by atoms with van der Waals surface area (Å²) < 4.78 is 11.1. The summed E-state index contributed by atoms with van der Waals surface area (Å²) in [5.41, 5.74) is 1.21. The van der Waals surface area contributed by atoms with Gasteiger partial charge in [0.15, 0.2) is 5.60 Å². The van der Waals surface area contributed by atoms with E-state index in [4.69, 9.17) is 9.47 Å². The number of carbonyl (C=O) groups is 3. The van der Waals surface area contributed by atoms with Gasteiger partial charge in [0.1, 0.15) is 0 Å². The standard InChI is InChI=1S/C21H30N4O5/c1-15-4-5-17(12-18(15)22-16(2)26)23-19(27)13-24-6-11-30-21(3,14-24)20(28)25-7-9-29-10-8-25/h4-5,12H,6-11,13-14H2,1-3H3,(H,22,26)(H,23,27)/t21-/m1/s1. The van der Waals surface area contributed by atoms with Crippen LogP contribution in [0.3, 0.4) is 0 Å². The van der Waals surface area contributed by atoms with E-state index in [1.807, 2.05) is 17.9 Å². The Kier molecular flexibility index (Phi) is 7.06. The van der Waals surface area contributed by atoms with Crippen LogP contribution in [0, 0.1) is 6.92 Å². The lowest BCUT2D eigenvalue weighted by Gasteiger charge is -2.42. The Bertz CT molecular complexity index is 809. The second kappa shape index (κ2) is 9.55. The molecule has 1 aromatic carbocycles.